The number of nitrogens with zero attached hydrogens (tertiary/aromatic N) is 1. The summed E-state index contributed by atoms with van der Waals surface area (Å²) >= 11 is 0. The Morgan fingerprint density at radius 2 is 2.17 bits per heavy atom. The number of aromatic nitrogens is 2. The summed E-state index contributed by atoms with van der Waals surface area (Å²) in [5.74, 6) is 2.05. The highest BCUT2D eigenvalue weighted by Crippen LogP contribution is 2.28. The largest absolute Gasteiger partial charge is 0.493 e. The zero-order chi connectivity index (χ0) is 16.2. The van der Waals surface area contributed by atoms with E-state index in [-0.39, 0.29) is 12.1 Å². The Bertz CT molecular complexity index is 674. The molecule has 1 saturated carbocycles. The quantitative estimate of drug-likeness (QED) is 0.787. The first-order valence-corrected chi connectivity index (χ1v) is 8.30. The van der Waals surface area contributed by atoms with E-state index >= 15 is 0 Å². The molecule has 0 aliphatic heterocycles. The number of carbonyl (C=O) groups is 1. The molecule has 1 heterocycles. The van der Waals surface area contributed by atoms with Crippen LogP contribution in [-0.4, -0.2) is 28.9 Å². The molecule has 1 fully saturated rings. The second-order valence-corrected chi connectivity index (χ2v) is 6.49. The number of hydrogen-bond acceptors (Lipinski definition) is 3. The van der Waals surface area contributed by atoms with Gasteiger partial charge in [0, 0.05) is 17.5 Å². The Labute approximate surface area is 136 Å². The third kappa shape index (κ3) is 3.94. The highest BCUT2D eigenvalue weighted by molar-refractivity contribution is 5.99. The average molecular weight is 316 g/mol. The summed E-state index contributed by atoms with van der Waals surface area (Å²) in [6.07, 6.45) is 5.18. The number of rotatable bonds is 5. The summed E-state index contributed by atoms with van der Waals surface area (Å²) in [7, 11) is 0. The second-order valence-electron chi connectivity index (χ2n) is 6.49. The van der Waals surface area contributed by atoms with Crippen LogP contribution in [0.3, 0.4) is 0 Å². The van der Waals surface area contributed by atoms with Crippen molar-refractivity contribution in [1.82, 2.24) is 15.5 Å². The van der Waals surface area contributed by atoms with Gasteiger partial charge >= 0.3 is 6.03 Å². The minimum atomic E-state index is -0.255. The molecule has 23 heavy (non-hydrogen) atoms. The predicted molar refractivity (Wildman–Crippen MR) is 90.8 cm³/mol. The van der Waals surface area contributed by atoms with Crippen molar-refractivity contribution >= 4 is 22.8 Å². The molecule has 0 saturated heterocycles. The molecule has 0 unspecified atom stereocenters. The molecule has 3 rings (SSSR count). The van der Waals surface area contributed by atoms with E-state index < -0.39 is 0 Å². The molecule has 1 aromatic heterocycles. The van der Waals surface area contributed by atoms with E-state index in [1.54, 1.807) is 0 Å². The van der Waals surface area contributed by atoms with Gasteiger partial charge in [-0.25, -0.2) is 4.79 Å². The summed E-state index contributed by atoms with van der Waals surface area (Å²) in [5.41, 5.74) is 0.855. The van der Waals surface area contributed by atoms with Gasteiger partial charge in [-0.15, -0.1) is 0 Å². The van der Waals surface area contributed by atoms with Gasteiger partial charge in [-0.2, -0.15) is 5.10 Å². The zero-order valence-electron chi connectivity index (χ0n) is 13.7. The van der Waals surface area contributed by atoms with Crippen molar-refractivity contribution in [3.8, 4) is 5.75 Å². The number of H-pyrrole nitrogens is 1. The summed E-state index contributed by atoms with van der Waals surface area (Å²) in [4.78, 5) is 11.8. The van der Waals surface area contributed by atoms with Crippen molar-refractivity contribution < 1.29 is 9.53 Å². The lowest BCUT2D eigenvalue weighted by atomic mass is 10.1. The third-order valence-electron chi connectivity index (χ3n) is 4.15. The van der Waals surface area contributed by atoms with Crippen molar-refractivity contribution in [1.29, 1.82) is 0 Å². The van der Waals surface area contributed by atoms with Crippen LogP contribution in [0.2, 0.25) is 0 Å². The van der Waals surface area contributed by atoms with Crippen molar-refractivity contribution in [2.24, 2.45) is 5.92 Å². The maximum absolute atomic E-state index is 11.8. The number of aromatic amines is 1. The summed E-state index contributed by atoms with van der Waals surface area (Å²) in [6, 6.07) is 5.61. The van der Waals surface area contributed by atoms with Crippen LogP contribution in [0.1, 0.15) is 39.5 Å². The SMILES string of the molecule is CC(C)NC(=O)Nc1n[nH]c2cc(OCC3CCCC3)ccc12. The van der Waals surface area contributed by atoms with Crippen molar-refractivity contribution in [3.63, 3.8) is 0 Å². The zero-order valence-corrected chi connectivity index (χ0v) is 13.7. The van der Waals surface area contributed by atoms with Gasteiger partial charge in [0.25, 0.3) is 0 Å². The van der Waals surface area contributed by atoms with Crippen molar-refractivity contribution in [2.75, 3.05) is 11.9 Å². The predicted octanol–water partition coefficient (Wildman–Crippen LogP) is 3.66. The molecule has 2 amide bonds. The van der Waals surface area contributed by atoms with Crippen molar-refractivity contribution in [2.45, 2.75) is 45.6 Å². The number of ether oxygens (including phenoxy) is 1. The molecule has 124 valence electrons. The lowest BCUT2D eigenvalue weighted by molar-refractivity contribution is 0.250. The van der Waals surface area contributed by atoms with E-state index in [0.29, 0.717) is 11.7 Å². The first-order chi connectivity index (χ1) is 11.1. The molecule has 3 N–H and O–H groups in total. The summed E-state index contributed by atoms with van der Waals surface area (Å²) < 4.78 is 5.89. The fourth-order valence-corrected chi connectivity index (χ4v) is 2.98. The number of amides is 2. The van der Waals surface area contributed by atoms with Crippen LogP contribution in [0.15, 0.2) is 18.2 Å². The Balaban J connectivity index is 1.65. The van der Waals surface area contributed by atoms with Gasteiger partial charge < -0.3 is 10.1 Å². The summed E-state index contributed by atoms with van der Waals surface area (Å²) in [6.45, 7) is 4.61. The van der Waals surface area contributed by atoms with Gasteiger partial charge in [0.05, 0.1) is 12.1 Å². The lowest BCUT2D eigenvalue weighted by Gasteiger charge is -2.11. The molecule has 0 radical (unpaired) electrons. The highest BCUT2D eigenvalue weighted by Gasteiger charge is 2.16. The van der Waals surface area contributed by atoms with Gasteiger partial charge in [-0.1, -0.05) is 12.8 Å². The molecule has 6 heteroatoms. The molecular weight excluding hydrogens is 292 g/mol. The standard InChI is InChI=1S/C17H24N4O2/c1-11(2)18-17(22)19-16-14-8-7-13(9-15(14)20-21-16)23-10-12-5-3-4-6-12/h7-9,11-12H,3-6,10H2,1-2H3,(H3,18,19,20,21,22). The number of benzene rings is 1. The van der Waals surface area contributed by atoms with Crippen LogP contribution >= 0.6 is 0 Å². The highest BCUT2D eigenvalue weighted by atomic mass is 16.5. The Morgan fingerprint density at radius 1 is 1.39 bits per heavy atom. The first-order valence-electron chi connectivity index (χ1n) is 8.30. The van der Waals surface area contributed by atoms with Gasteiger partial charge in [-0.3, -0.25) is 10.4 Å². The van der Waals surface area contributed by atoms with Gasteiger partial charge in [0.1, 0.15) is 5.75 Å². The molecule has 1 aliphatic rings. The molecule has 2 aromatic rings. The van der Waals surface area contributed by atoms with Crippen LogP contribution in [0.4, 0.5) is 10.6 Å². The third-order valence-corrected chi connectivity index (χ3v) is 4.15. The van der Waals surface area contributed by atoms with E-state index in [4.69, 9.17) is 4.74 Å². The normalized spacial score (nSPS) is 15.3. The van der Waals surface area contributed by atoms with E-state index in [1.807, 2.05) is 32.0 Å². The molecule has 1 aliphatic carbocycles. The molecule has 0 atom stereocenters. The van der Waals surface area contributed by atoms with Crippen LogP contribution in [0, 0.1) is 5.92 Å². The molecule has 1 aromatic carbocycles. The topological polar surface area (TPSA) is 79.0 Å². The van der Waals surface area contributed by atoms with Crippen LogP contribution in [0.25, 0.3) is 10.9 Å². The van der Waals surface area contributed by atoms with E-state index in [2.05, 4.69) is 20.8 Å². The smallest absolute Gasteiger partial charge is 0.320 e. The number of hydrogen-bond donors (Lipinski definition) is 3. The van der Waals surface area contributed by atoms with E-state index in [0.717, 1.165) is 23.3 Å². The van der Waals surface area contributed by atoms with E-state index in [9.17, 15) is 4.79 Å². The number of nitrogens with one attached hydrogen (secondary N) is 3. The number of carbonyl (C=O) groups excluding carboxylic acids is 1. The van der Waals surface area contributed by atoms with Gasteiger partial charge in [-0.05, 0) is 44.7 Å². The number of fused-ring (bicyclic) bond motifs is 1. The van der Waals surface area contributed by atoms with Crippen LogP contribution in [0.5, 0.6) is 5.75 Å². The minimum Gasteiger partial charge on any atom is -0.493 e. The van der Waals surface area contributed by atoms with Gasteiger partial charge in [0.2, 0.25) is 0 Å². The second kappa shape index (κ2) is 6.89. The van der Waals surface area contributed by atoms with Crippen LogP contribution in [-0.2, 0) is 0 Å². The molecular formula is C17H24N4O2. The fourth-order valence-electron chi connectivity index (χ4n) is 2.98. The maximum atomic E-state index is 11.8. The maximum Gasteiger partial charge on any atom is 0.320 e. The van der Waals surface area contributed by atoms with E-state index in [1.165, 1.54) is 25.7 Å². The molecule has 0 spiro atoms. The first kappa shape index (κ1) is 15.6. The Kier molecular flexibility index (Phi) is 4.69. The summed E-state index contributed by atoms with van der Waals surface area (Å²) in [5, 5.41) is 13.5. The fraction of sp³-hybridized carbons (Fsp3) is 0.529. The van der Waals surface area contributed by atoms with Crippen LogP contribution < -0.4 is 15.4 Å². The Hall–Kier alpha value is -2.24. The monoisotopic (exact) mass is 316 g/mol. The lowest BCUT2D eigenvalue weighted by Crippen LogP contribution is -2.34. The number of urea groups is 1. The minimum absolute atomic E-state index is 0.0794. The average Bonchev–Trinajstić information content (AvgIpc) is 3.14. The van der Waals surface area contributed by atoms with Gasteiger partial charge in [0.15, 0.2) is 5.82 Å². The molecule has 6 nitrogen and oxygen atoms in total. The molecule has 0 bridgehead atoms. The number of anilines is 1. The Morgan fingerprint density at radius 3 is 2.91 bits per heavy atom. The van der Waals surface area contributed by atoms with Crippen molar-refractivity contribution in [3.05, 3.63) is 18.2 Å².